The number of aryl methyl sites for hydroxylation is 1. The molecule has 9 heteroatoms. The number of ether oxygens (including phenoxy) is 1. The maximum Gasteiger partial charge on any atom is 0.339 e. The molecule has 3 aromatic rings. The van der Waals surface area contributed by atoms with Gasteiger partial charge in [0, 0.05) is 5.56 Å². The zero-order valence-electron chi connectivity index (χ0n) is 16.7. The number of hydrogen-bond donors (Lipinski definition) is 1. The number of rotatable bonds is 7. The molecule has 31 heavy (non-hydrogen) atoms. The highest BCUT2D eigenvalue weighted by molar-refractivity contribution is 7.87. The summed E-state index contributed by atoms with van der Waals surface area (Å²) >= 11 is 6.25. The molecule has 0 radical (unpaired) electrons. The van der Waals surface area contributed by atoms with Crippen molar-refractivity contribution < 1.29 is 22.1 Å². The third-order valence-electron chi connectivity index (χ3n) is 4.17. The van der Waals surface area contributed by atoms with Gasteiger partial charge in [-0.1, -0.05) is 47.5 Å². The van der Waals surface area contributed by atoms with E-state index in [1.54, 1.807) is 42.5 Å². The molecule has 3 rings (SSSR count). The van der Waals surface area contributed by atoms with E-state index >= 15 is 0 Å². The molecule has 0 atom stereocenters. The van der Waals surface area contributed by atoms with E-state index in [0.29, 0.717) is 11.1 Å². The predicted molar refractivity (Wildman–Crippen MR) is 118 cm³/mol. The molecular formula is C22H19ClN2O5S. The van der Waals surface area contributed by atoms with Gasteiger partial charge in [-0.2, -0.15) is 13.5 Å². The monoisotopic (exact) mass is 458 g/mol. The van der Waals surface area contributed by atoms with E-state index in [-0.39, 0.29) is 27.3 Å². The summed E-state index contributed by atoms with van der Waals surface area (Å²) in [4.78, 5) is 12.0. The third-order valence-corrected chi connectivity index (χ3v) is 5.69. The van der Waals surface area contributed by atoms with Gasteiger partial charge >= 0.3 is 10.1 Å². The van der Waals surface area contributed by atoms with Crippen LogP contribution in [0.2, 0.25) is 5.02 Å². The Morgan fingerprint density at radius 3 is 2.39 bits per heavy atom. The molecule has 0 saturated heterocycles. The van der Waals surface area contributed by atoms with Crippen LogP contribution in [-0.2, 0) is 10.1 Å². The van der Waals surface area contributed by atoms with Gasteiger partial charge in [0.2, 0.25) is 5.75 Å². The first-order chi connectivity index (χ1) is 14.8. The molecule has 7 nitrogen and oxygen atoms in total. The van der Waals surface area contributed by atoms with Gasteiger partial charge in [-0.25, -0.2) is 5.43 Å². The first-order valence-corrected chi connectivity index (χ1v) is 10.9. The Balaban J connectivity index is 1.80. The number of amides is 1. The molecule has 1 amide bonds. The van der Waals surface area contributed by atoms with Gasteiger partial charge in [0.15, 0.2) is 5.75 Å². The van der Waals surface area contributed by atoms with E-state index in [4.69, 9.17) is 20.5 Å². The quantitative estimate of drug-likeness (QED) is 0.325. The van der Waals surface area contributed by atoms with Crippen molar-refractivity contribution in [1.82, 2.24) is 5.43 Å². The molecule has 0 fully saturated rings. The fourth-order valence-corrected chi connectivity index (χ4v) is 3.84. The van der Waals surface area contributed by atoms with E-state index in [1.165, 1.54) is 37.6 Å². The van der Waals surface area contributed by atoms with Crippen LogP contribution >= 0.6 is 11.6 Å². The van der Waals surface area contributed by atoms with E-state index in [1.807, 2.05) is 6.92 Å². The molecular weight excluding hydrogens is 440 g/mol. The molecule has 0 unspecified atom stereocenters. The van der Waals surface area contributed by atoms with E-state index in [2.05, 4.69) is 10.5 Å². The Kier molecular flexibility index (Phi) is 6.94. The Labute approximate surface area is 185 Å². The molecule has 0 spiro atoms. The Bertz CT molecular complexity index is 1210. The summed E-state index contributed by atoms with van der Waals surface area (Å²) in [5.41, 5.74) is 4.24. The predicted octanol–water partition coefficient (Wildman–Crippen LogP) is 4.19. The SMILES string of the molecule is COc1cc(/C=N\NC(=O)c2ccccc2)cc(Cl)c1OS(=O)(=O)c1ccc(C)cc1. The van der Waals surface area contributed by atoms with Crippen LogP contribution in [-0.4, -0.2) is 27.6 Å². The zero-order chi connectivity index (χ0) is 22.4. The van der Waals surface area contributed by atoms with E-state index in [9.17, 15) is 13.2 Å². The topological polar surface area (TPSA) is 94.1 Å². The number of halogens is 1. The van der Waals surface area contributed by atoms with Gasteiger partial charge in [-0.15, -0.1) is 0 Å². The van der Waals surface area contributed by atoms with Gasteiger partial charge in [0.25, 0.3) is 5.91 Å². The van der Waals surface area contributed by atoms with Gasteiger partial charge in [-0.3, -0.25) is 4.79 Å². The van der Waals surface area contributed by atoms with E-state index < -0.39 is 10.1 Å². The fourth-order valence-electron chi connectivity index (χ4n) is 2.58. The minimum absolute atomic E-state index is 0.00544. The van der Waals surface area contributed by atoms with Crippen LogP contribution < -0.4 is 14.3 Å². The molecule has 0 heterocycles. The summed E-state index contributed by atoms with van der Waals surface area (Å²) < 4.78 is 35.7. The number of carbonyl (C=O) groups is 1. The Hall–Kier alpha value is -3.36. The number of methoxy groups -OCH3 is 1. The summed E-state index contributed by atoms with van der Waals surface area (Å²) in [6, 6.07) is 17.8. The lowest BCUT2D eigenvalue weighted by molar-refractivity contribution is 0.0955. The number of benzene rings is 3. The summed E-state index contributed by atoms with van der Waals surface area (Å²) in [5.74, 6) is -0.423. The van der Waals surface area contributed by atoms with Crippen LogP contribution in [0.3, 0.4) is 0 Å². The highest BCUT2D eigenvalue weighted by Crippen LogP contribution is 2.38. The van der Waals surface area contributed by atoms with Crippen molar-refractivity contribution in [1.29, 1.82) is 0 Å². The van der Waals surface area contributed by atoms with Crippen molar-refractivity contribution in [3.05, 3.63) is 88.4 Å². The van der Waals surface area contributed by atoms with Crippen LogP contribution in [0.1, 0.15) is 21.5 Å². The van der Waals surface area contributed by atoms with E-state index in [0.717, 1.165) is 5.56 Å². The Morgan fingerprint density at radius 2 is 1.74 bits per heavy atom. The van der Waals surface area contributed by atoms with Gasteiger partial charge in [0.05, 0.1) is 18.3 Å². The fraction of sp³-hybridized carbons (Fsp3) is 0.0909. The molecule has 0 bridgehead atoms. The summed E-state index contributed by atoms with van der Waals surface area (Å²) in [7, 11) is -2.76. The molecule has 0 saturated carbocycles. The lowest BCUT2D eigenvalue weighted by Crippen LogP contribution is -2.17. The first kappa shape index (κ1) is 22.3. The molecule has 0 aromatic heterocycles. The maximum atomic E-state index is 12.6. The number of hydrogen-bond acceptors (Lipinski definition) is 6. The second-order valence-corrected chi connectivity index (χ2v) is 8.40. The van der Waals surface area contributed by atoms with Crippen molar-refractivity contribution in [3.8, 4) is 11.5 Å². The average molecular weight is 459 g/mol. The molecule has 1 N–H and O–H groups in total. The van der Waals surface area contributed by atoms with Gasteiger partial charge in [-0.05, 0) is 48.9 Å². The maximum absolute atomic E-state index is 12.6. The van der Waals surface area contributed by atoms with Crippen LogP contribution in [0.25, 0.3) is 0 Å². The van der Waals surface area contributed by atoms with Crippen molar-refractivity contribution in [3.63, 3.8) is 0 Å². The molecule has 160 valence electrons. The molecule has 3 aromatic carbocycles. The highest BCUT2D eigenvalue weighted by atomic mass is 35.5. The highest BCUT2D eigenvalue weighted by Gasteiger charge is 2.22. The summed E-state index contributed by atoms with van der Waals surface area (Å²) in [6.07, 6.45) is 1.35. The molecule has 0 aliphatic heterocycles. The normalized spacial score (nSPS) is 11.3. The number of nitrogens with zero attached hydrogens (tertiary/aromatic N) is 1. The third kappa shape index (κ3) is 5.62. The zero-order valence-corrected chi connectivity index (χ0v) is 18.3. The van der Waals surface area contributed by atoms with Crippen LogP contribution in [0.5, 0.6) is 11.5 Å². The smallest absolute Gasteiger partial charge is 0.339 e. The van der Waals surface area contributed by atoms with Crippen LogP contribution in [0.15, 0.2) is 76.7 Å². The van der Waals surface area contributed by atoms with Crippen LogP contribution in [0.4, 0.5) is 0 Å². The molecule has 0 aliphatic carbocycles. The molecule has 0 aliphatic rings. The lowest BCUT2D eigenvalue weighted by atomic mass is 10.2. The van der Waals surface area contributed by atoms with Crippen molar-refractivity contribution in [2.75, 3.05) is 7.11 Å². The second-order valence-electron chi connectivity index (χ2n) is 6.45. The van der Waals surface area contributed by atoms with Crippen molar-refractivity contribution >= 4 is 33.8 Å². The number of nitrogens with one attached hydrogen (secondary N) is 1. The number of carbonyl (C=O) groups excluding carboxylic acids is 1. The van der Waals surface area contributed by atoms with Gasteiger partial charge in [0.1, 0.15) is 4.90 Å². The lowest BCUT2D eigenvalue weighted by Gasteiger charge is -2.13. The van der Waals surface area contributed by atoms with Gasteiger partial charge < -0.3 is 8.92 Å². The van der Waals surface area contributed by atoms with Crippen molar-refractivity contribution in [2.45, 2.75) is 11.8 Å². The average Bonchev–Trinajstić information content (AvgIpc) is 2.76. The minimum Gasteiger partial charge on any atom is -0.493 e. The second kappa shape index (κ2) is 9.63. The minimum atomic E-state index is -4.11. The van der Waals surface area contributed by atoms with Crippen molar-refractivity contribution in [2.24, 2.45) is 5.10 Å². The first-order valence-electron chi connectivity index (χ1n) is 9.07. The Morgan fingerprint density at radius 1 is 1.06 bits per heavy atom. The number of hydrazone groups is 1. The largest absolute Gasteiger partial charge is 0.493 e. The summed E-state index contributed by atoms with van der Waals surface area (Å²) in [6.45, 7) is 1.85. The standard InChI is InChI=1S/C22H19ClN2O5S/c1-15-8-10-18(11-9-15)31(27,28)30-21-19(23)12-16(13-20(21)29-2)14-24-25-22(26)17-6-4-3-5-7-17/h3-14H,1-2H3,(H,25,26)/b24-14-. The van der Waals surface area contributed by atoms with Crippen LogP contribution in [0, 0.1) is 6.92 Å². The summed E-state index contributed by atoms with van der Waals surface area (Å²) in [5, 5.41) is 3.90.